The lowest BCUT2D eigenvalue weighted by atomic mass is 10.1. The van der Waals surface area contributed by atoms with Crippen molar-refractivity contribution >= 4 is 23.3 Å². The minimum Gasteiger partial charge on any atom is -0.619 e. The summed E-state index contributed by atoms with van der Waals surface area (Å²) in [5, 5.41) is 24.4. The smallest absolute Gasteiger partial charge is 0.339 e. The number of nitrogens with one attached hydrogen (secondary N) is 1. The van der Waals surface area contributed by atoms with E-state index in [9.17, 15) is 24.9 Å². The highest BCUT2D eigenvalue weighted by Crippen LogP contribution is 2.32. The number of carbonyl (C=O) groups is 2. The minimum absolute atomic E-state index is 0.0110. The third-order valence-electron chi connectivity index (χ3n) is 3.37. The maximum atomic E-state index is 12.0. The zero-order valence-corrected chi connectivity index (χ0v) is 13.9. The van der Waals surface area contributed by atoms with E-state index in [1.54, 1.807) is 6.92 Å². The molecule has 1 N–H and O–H groups in total. The predicted molar refractivity (Wildman–Crippen MR) is 88.7 cm³/mol. The van der Waals surface area contributed by atoms with Crippen molar-refractivity contribution in [2.75, 3.05) is 19.0 Å². The molecule has 0 spiro atoms. The largest absolute Gasteiger partial charge is 0.619 e. The number of methoxy groups -OCH3 is 1. The molecule has 0 saturated carbocycles. The van der Waals surface area contributed by atoms with Crippen molar-refractivity contribution in [1.82, 2.24) is 0 Å². The molecule has 0 aliphatic rings. The van der Waals surface area contributed by atoms with Crippen LogP contribution in [0.25, 0.3) is 0 Å². The average Bonchev–Trinajstić information content (AvgIpc) is 2.61. The number of anilines is 1. The third-order valence-corrected chi connectivity index (χ3v) is 3.37. The summed E-state index contributed by atoms with van der Waals surface area (Å²) < 4.78 is 10.3. The summed E-state index contributed by atoms with van der Waals surface area (Å²) in [5.74, 6) is -1.41. The van der Waals surface area contributed by atoms with E-state index in [2.05, 4.69) is 5.32 Å². The molecule has 10 nitrogen and oxygen atoms in total. The molecule has 0 aliphatic heterocycles. The fourth-order valence-electron chi connectivity index (χ4n) is 2.06. The molecule has 1 amide bonds. The van der Waals surface area contributed by atoms with E-state index in [-0.39, 0.29) is 17.0 Å². The number of hydrogen-bond donors (Lipinski definition) is 1. The van der Waals surface area contributed by atoms with Crippen LogP contribution in [0.3, 0.4) is 0 Å². The van der Waals surface area contributed by atoms with Crippen LogP contribution in [-0.4, -0.2) is 30.5 Å². The van der Waals surface area contributed by atoms with E-state index in [1.165, 1.54) is 31.4 Å². The summed E-state index contributed by atoms with van der Waals surface area (Å²) in [4.78, 5) is 34.1. The van der Waals surface area contributed by atoms with Crippen LogP contribution in [0.15, 0.2) is 36.7 Å². The number of nitro benzene ring substituents is 1. The first-order valence-electron chi connectivity index (χ1n) is 7.30. The Morgan fingerprint density at radius 1 is 1.27 bits per heavy atom. The SMILES string of the molecule is COc1cc(NC(=O)COC(=O)c2cc[n+]([O-])cc2)c(C)cc1[N+](=O)[O-]. The van der Waals surface area contributed by atoms with Crippen LogP contribution in [0.1, 0.15) is 15.9 Å². The van der Waals surface area contributed by atoms with Crippen molar-refractivity contribution in [3.05, 3.63) is 63.1 Å². The number of rotatable bonds is 6. The molecule has 1 aromatic carbocycles. The molecule has 0 unspecified atom stereocenters. The van der Waals surface area contributed by atoms with Gasteiger partial charge in [0.25, 0.3) is 5.91 Å². The molecule has 136 valence electrons. The van der Waals surface area contributed by atoms with Gasteiger partial charge in [-0.3, -0.25) is 14.9 Å². The molecule has 0 bridgehead atoms. The maximum Gasteiger partial charge on any atom is 0.339 e. The standard InChI is InChI=1S/C16H15N3O7/c1-10-7-13(19(23)24)14(25-2)8-12(10)17-15(20)9-26-16(21)11-3-5-18(22)6-4-11/h3-8H,9H2,1-2H3,(H,17,20). The molecular weight excluding hydrogens is 346 g/mol. The fraction of sp³-hybridized carbons (Fsp3) is 0.188. The van der Waals surface area contributed by atoms with E-state index in [4.69, 9.17) is 9.47 Å². The number of aromatic nitrogens is 1. The van der Waals surface area contributed by atoms with E-state index < -0.39 is 23.4 Å². The highest BCUT2D eigenvalue weighted by molar-refractivity contribution is 5.96. The molecule has 26 heavy (non-hydrogen) atoms. The van der Waals surface area contributed by atoms with Crippen molar-refractivity contribution in [2.45, 2.75) is 6.92 Å². The van der Waals surface area contributed by atoms with Gasteiger partial charge in [-0.15, -0.1) is 0 Å². The van der Waals surface area contributed by atoms with Crippen LogP contribution in [0.5, 0.6) is 5.75 Å². The zero-order valence-electron chi connectivity index (χ0n) is 13.9. The quantitative estimate of drug-likeness (QED) is 0.270. The second-order valence-electron chi connectivity index (χ2n) is 5.17. The molecule has 0 saturated heterocycles. The lowest BCUT2D eigenvalue weighted by Gasteiger charge is -2.11. The molecule has 0 fully saturated rings. The number of nitrogens with zero attached hydrogens (tertiary/aromatic N) is 2. The molecule has 1 aromatic heterocycles. The lowest BCUT2D eigenvalue weighted by molar-refractivity contribution is -0.605. The Labute approximate surface area is 147 Å². The van der Waals surface area contributed by atoms with Crippen LogP contribution in [0, 0.1) is 22.2 Å². The number of hydrogen-bond acceptors (Lipinski definition) is 7. The predicted octanol–water partition coefficient (Wildman–Crippen LogP) is 1.34. The van der Waals surface area contributed by atoms with Gasteiger partial charge in [-0.05, 0) is 12.5 Å². The first-order valence-corrected chi connectivity index (χ1v) is 7.30. The van der Waals surface area contributed by atoms with Crippen LogP contribution in [-0.2, 0) is 9.53 Å². The van der Waals surface area contributed by atoms with Crippen LogP contribution < -0.4 is 14.8 Å². The summed E-state index contributed by atoms with van der Waals surface area (Å²) in [6.45, 7) is 1.01. The first kappa shape index (κ1) is 18.6. The van der Waals surface area contributed by atoms with Crippen molar-refractivity contribution in [2.24, 2.45) is 0 Å². The maximum absolute atomic E-state index is 12.0. The molecule has 0 radical (unpaired) electrons. The zero-order chi connectivity index (χ0) is 19.3. The van der Waals surface area contributed by atoms with E-state index >= 15 is 0 Å². The van der Waals surface area contributed by atoms with Gasteiger partial charge >= 0.3 is 11.7 Å². The summed E-state index contributed by atoms with van der Waals surface area (Å²) in [6.07, 6.45) is 2.26. The van der Waals surface area contributed by atoms with Gasteiger partial charge in [0.15, 0.2) is 24.8 Å². The summed E-state index contributed by atoms with van der Waals surface area (Å²) >= 11 is 0. The molecule has 2 rings (SSSR count). The highest BCUT2D eigenvalue weighted by Gasteiger charge is 2.19. The first-order chi connectivity index (χ1) is 12.3. The molecule has 0 atom stereocenters. The van der Waals surface area contributed by atoms with Gasteiger partial charge in [-0.2, -0.15) is 4.73 Å². The summed E-state index contributed by atoms with van der Waals surface area (Å²) in [6, 6.07) is 5.11. The number of nitro groups is 1. The second-order valence-corrected chi connectivity index (χ2v) is 5.17. The number of amides is 1. The monoisotopic (exact) mass is 361 g/mol. The van der Waals surface area contributed by atoms with Gasteiger partial charge < -0.3 is 20.0 Å². The van der Waals surface area contributed by atoms with Gasteiger partial charge in [0.05, 0.1) is 17.6 Å². The average molecular weight is 361 g/mol. The molecule has 1 heterocycles. The summed E-state index contributed by atoms with van der Waals surface area (Å²) in [7, 11) is 1.27. The van der Waals surface area contributed by atoms with Gasteiger partial charge in [0.1, 0.15) is 0 Å². The third kappa shape index (κ3) is 4.44. The Morgan fingerprint density at radius 2 is 1.92 bits per heavy atom. The van der Waals surface area contributed by atoms with Crippen LogP contribution >= 0.6 is 0 Å². The molecule has 2 aromatic rings. The Morgan fingerprint density at radius 3 is 2.50 bits per heavy atom. The van der Waals surface area contributed by atoms with E-state index in [0.29, 0.717) is 16.0 Å². The number of ether oxygens (including phenoxy) is 2. The Kier molecular flexibility index (Phi) is 5.68. The van der Waals surface area contributed by atoms with Gasteiger partial charge in [0, 0.05) is 30.0 Å². The van der Waals surface area contributed by atoms with Crippen LogP contribution in [0.2, 0.25) is 0 Å². The Bertz CT molecular complexity index is 850. The minimum atomic E-state index is -0.765. The second kappa shape index (κ2) is 7.92. The van der Waals surface area contributed by atoms with Crippen molar-refractivity contribution < 1.29 is 28.7 Å². The number of esters is 1. The Balaban J connectivity index is 2.02. The van der Waals surface area contributed by atoms with Gasteiger partial charge in [0.2, 0.25) is 0 Å². The highest BCUT2D eigenvalue weighted by atomic mass is 16.6. The van der Waals surface area contributed by atoms with Crippen molar-refractivity contribution in [3.8, 4) is 5.75 Å². The number of benzene rings is 1. The number of carbonyl (C=O) groups excluding carboxylic acids is 2. The van der Waals surface area contributed by atoms with E-state index in [1.807, 2.05) is 0 Å². The van der Waals surface area contributed by atoms with Crippen LogP contribution in [0.4, 0.5) is 11.4 Å². The molecular formula is C16H15N3O7. The van der Waals surface area contributed by atoms with E-state index in [0.717, 1.165) is 12.4 Å². The normalized spacial score (nSPS) is 10.1. The molecule has 10 heteroatoms. The van der Waals surface area contributed by atoms with Crippen molar-refractivity contribution in [3.63, 3.8) is 0 Å². The summed E-state index contributed by atoms with van der Waals surface area (Å²) in [5.41, 5.74) is 0.632. The van der Waals surface area contributed by atoms with Gasteiger partial charge in [-0.1, -0.05) is 0 Å². The topological polar surface area (TPSA) is 135 Å². The lowest BCUT2D eigenvalue weighted by Crippen LogP contribution is -2.25. The van der Waals surface area contributed by atoms with Gasteiger partial charge in [-0.25, -0.2) is 4.79 Å². The molecule has 0 aliphatic carbocycles. The fourth-order valence-corrected chi connectivity index (χ4v) is 2.06. The van der Waals surface area contributed by atoms with Crippen molar-refractivity contribution in [1.29, 1.82) is 0 Å². The number of pyridine rings is 1. The number of aryl methyl sites for hydroxylation is 1. The Hall–Kier alpha value is -3.69.